The minimum Gasteiger partial charge on any atom is -0.488 e. The van der Waals surface area contributed by atoms with Crippen LogP contribution in [-0.2, 0) is 27.2 Å². The van der Waals surface area contributed by atoms with Crippen molar-refractivity contribution in [2.24, 2.45) is 0 Å². The number of hydrogen-bond donors (Lipinski definition) is 0. The lowest BCUT2D eigenvalue weighted by Crippen LogP contribution is -2.64. The number of amides is 1. The van der Waals surface area contributed by atoms with E-state index >= 15 is 4.39 Å². The van der Waals surface area contributed by atoms with Crippen LogP contribution in [0, 0.1) is 5.82 Å². The molecule has 1 aromatic heterocycles. The van der Waals surface area contributed by atoms with Crippen molar-refractivity contribution >= 4 is 11.7 Å². The average Bonchev–Trinajstić information content (AvgIpc) is 2.94. The minimum absolute atomic E-state index is 0.0368. The third-order valence-corrected chi connectivity index (χ3v) is 8.31. The van der Waals surface area contributed by atoms with Crippen LogP contribution in [0.3, 0.4) is 0 Å². The number of likely N-dealkylation sites (N-methyl/N-ethyl adjacent to an activating group) is 1. The SMILES string of the molecule is CCOC(CN(Cc1ccc(F)c(N2CC(N3CCN(C)[C@H](C)C3)C2)n1)C(=O)CCc1ccc(OC(C)(C)C)cc1)OCC. The Bertz CT molecular complexity index is 1200. The Morgan fingerprint density at radius 1 is 1.05 bits per heavy atom. The molecule has 244 valence electrons. The first-order chi connectivity index (χ1) is 21.0. The van der Waals surface area contributed by atoms with Gasteiger partial charge in [-0.2, -0.15) is 0 Å². The first kappa shape index (κ1) is 34.1. The number of nitrogens with zero attached hydrogens (tertiary/aromatic N) is 5. The fourth-order valence-electron chi connectivity index (χ4n) is 5.69. The van der Waals surface area contributed by atoms with Gasteiger partial charge in [0.2, 0.25) is 5.91 Å². The van der Waals surface area contributed by atoms with E-state index in [9.17, 15) is 4.79 Å². The third-order valence-electron chi connectivity index (χ3n) is 8.31. The van der Waals surface area contributed by atoms with Crippen LogP contribution < -0.4 is 9.64 Å². The Morgan fingerprint density at radius 3 is 2.34 bits per heavy atom. The van der Waals surface area contributed by atoms with Crippen LogP contribution in [0.25, 0.3) is 0 Å². The molecule has 0 aliphatic carbocycles. The second kappa shape index (κ2) is 15.5. The van der Waals surface area contributed by atoms with Crippen LogP contribution in [-0.4, -0.2) is 109 Å². The van der Waals surface area contributed by atoms with Crippen LogP contribution in [0.4, 0.5) is 10.2 Å². The molecule has 0 bridgehead atoms. The maximum Gasteiger partial charge on any atom is 0.223 e. The number of ether oxygens (including phenoxy) is 3. The summed E-state index contributed by atoms with van der Waals surface area (Å²) in [7, 11) is 2.17. The summed E-state index contributed by atoms with van der Waals surface area (Å²) in [4.78, 5) is 26.9. The van der Waals surface area contributed by atoms with E-state index in [4.69, 9.17) is 19.2 Å². The Labute approximate surface area is 263 Å². The zero-order valence-electron chi connectivity index (χ0n) is 27.7. The molecular weight excluding hydrogens is 561 g/mol. The lowest BCUT2D eigenvalue weighted by Gasteiger charge is -2.49. The fraction of sp³-hybridized carbons (Fsp3) is 0.647. The molecule has 0 spiro atoms. The summed E-state index contributed by atoms with van der Waals surface area (Å²) in [6.45, 7) is 18.2. The molecular formula is C34H52FN5O4. The van der Waals surface area contributed by atoms with Gasteiger partial charge in [0, 0.05) is 64.4 Å². The Morgan fingerprint density at radius 2 is 1.73 bits per heavy atom. The molecule has 0 radical (unpaired) electrons. The summed E-state index contributed by atoms with van der Waals surface area (Å²) >= 11 is 0. The molecule has 2 aliphatic rings. The lowest BCUT2D eigenvalue weighted by molar-refractivity contribution is -0.159. The smallest absolute Gasteiger partial charge is 0.223 e. The van der Waals surface area contributed by atoms with Crippen molar-refractivity contribution in [3.63, 3.8) is 0 Å². The van der Waals surface area contributed by atoms with Gasteiger partial charge in [-0.25, -0.2) is 9.37 Å². The highest BCUT2D eigenvalue weighted by Gasteiger charge is 2.36. The summed E-state index contributed by atoms with van der Waals surface area (Å²) in [5.41, 5.74) is 1.42. The quantitative estimate of drug-likeness (QED) is 0.287. The van der Waals surface area contributed by atoms with Gasteiger partial charge in [0.15, 0.2) is 17.9 Å². The van der Waals surface area contributed by atoms with Crippen molar-refractivity contribution in [2.75, 3.05) is 64.4 Å². The molecule has 9 nitrogen and oxygen atoms in total. The maximum absolute atomic E-state index is 15.0. The number of aromatic nitrogens is 1. The van der Waals surface area contributed by atoms with E-state index in [1.165, 1.54) is 6.07 Å². The van der Waals surface area contributed by atoms with Crippen molar-refractivity contribution < 1.29 is 23.4 Å². The van der Waals surface area contributed by atoms with E-state index in [2.05, 4.69) is 23.8 Å². The second-order valence-corrected chi connectivity index (χ2v) is 13.0. The summed E-state index contributed by atoms with van der Waals surface area (Å²) in [5, 5.41) is 0. The van der Waals surface area contributed by atoms with Gasteiger partial charge in [-0.05, 0) is 84.8 Å². The van der Waals surface area contributed by atoms with Crippen molar-refractivity contribution in [3.8, 4) is 5.75 Å². The number of benzene rings is 1. The van der Waals surface area contributed by atoms with Crippen molar-refractivity contribution in [3.05, 3.63) is 53.5 Å². The monoisotopic (exact) mass is 613 g/mol. The topological polar surface area (TPSA) is 70.6 Å². The Hall–Kier alpha value is -2.79. The lowest BCUT2D eigenvalue weighted by atomic mass is 10.0. The molecule has 3 heterocycles. The summed E-state index contributed by atoms with van der Waals surface area (Å²) in [6.07, 6.45) is 0.349. The maximum atomic E-state index is 15.0. The predicted octanol–water partition coefficient (Wildman–Crippen LogP) is 4.58. The average molecular weight is 614 g/mol. The molecule has 44 heavy (non-hydrogen) atoms. The van der Waals surface area contributed by atoms with Crippen molar-refractivity contribution in [1.82, 2.24) is 19.7 Å². The number of halogens is 1. The van der Waals surface area contributed by atoms with E-state index in [0.29, 0.717) is 49.7 Å². The number of piperazine rings is 1. The summed E-state index contributed by atoms with van der Waals surface area (Å²) in [5.74, 6) is 0.787. The molecule has 4 rings (SSSR count). The van der Waals surface area contributed by atoms with Gasteiger partial charge in [-0.1, -0.05) is 12.1 Å². The van der Waals surface area contributed by atoms with E-state index in [0.717, 1.165) is 44.0 Å². The molecule has 2 saturated heterocycles. The molecule has 2 fully saturated rings. The number of aryl methyl sites for hydroxylation is 1. The third kappa shape index (κ3) is 9.60. The summed E-state index contributed by atoms with van der Waals surface area (Å²) in [6, 6.07) is 11.9. The number of rotatable bonds is 14. The van der Waals surface area contributed by atoms with Gasteiger partial charge in [-0.3, -0.25) is 9.69 Å². The highest BCUT2D eigenvalue weighted by molar-refractivity contribution is 5.76. The van der Waals surface area contributed by atoms with Crippen LogP contribution in [0.15, 0.2) is 36.4 Å². The number of carbonyl (C=O) groups is 1. The van der Waals surface area contributed by atoms with Crippen molar-refractivity contribution in [2.45, 2.75) is 84.9 Å². The minimum atomic E-state index is -0.551. The van der Waals surface area contributed by atoms with Crippen LogP contribution in [0.5, 0.6) is 5.75 Å². The Kier molecular flexibility index (Phi) is 12.0. The van der Waals surface area contributed by atoms with Crippen LogP contribution >= 0.6 is 0 Å². The van der Waals surface area contributed by atoms with Gasteiger partial charge in [-0.15, -0.1) is 0 Å². The van der Waals surface area contributed by atoms with E-state index in [-0.39, 0.29) is 30.4 Å². The van der Waals surface area contributed by atoms with Crippen LogP contribution in [0.2, 0.25) is 0 Å². The largest absolute Gasteiger partial charge is 0.488 e. The normalized spacial score (nSPS) is 18.5. The zero-order chi connectivity index (χ0) is 31.9. The fourth-order valence-corrected chi connectivity index (χ4v) is 5.69. The second-order valence-electron chi connectivity index (χ2n) is 13.0. The number of anilines is 1. The number of hydrogen-bond acceptors (Lipinski definition) is 8. The summed E-state index contributed by atoms with van der Waals surface area (Å²) < 4.78 is 32.5. The van der Waals surface area contributed by atoms with E-state index in [1.807, 2.05) is 63.8 Å². The van der Waals surface area contributed by atoms with E-state index < -0.39 is 6.29 Å². The number of carbonyl (C=O) groups excluding carboxylic acids is 1. The van der Waals surface area contributed by atoms with Gasteiger partial charge < -0.3 is 28.9 Å². The number of pyridine rings is 1. The molecule has 0 N–H and O–H groups in total. The predicted molar refractivity (Wildman–Crippen MR) is 171 cm³/mol. The molecule has 1 aromatic carbocycles. The molecule has 2 aromatic rings. The highest BCUT2D eigenvalue weighted by Crippen LogP contribution is 2.27. The molecule has 1 amide bonds. The standard InChI is InChI=1S/C34H52FN5O4/c1-8-42-32(43-9-2)24-39(31(41)17-12-26-10-14-29(15-11-26)44-34(4,5)6)21-27-13-16-30(35)33(36-27)40-22-28(23-40)38-19-18-37(7)25(3)20-38/h10-11,13-16,25,28,32H,8-9,12,17-24H2,1-7H3/t25-/m1/s1. The highest BCUT2D eigenvalue weighted by atomic mass is 19.1. The van der Waals surface area contributed by atoms with Gasteiger partial charge in [0.05, 0.1) is 18.8 Å². The molecule has 1 atom stereocenters. The van der Waals surface area contributed by atoms with Gasteiger partial charge in [0.1, 0.15) is 11.4 Å². The van der Waals surface area contributed by atoms with Gasteiger partial charge >= 0.3 is 0 Å². The Balaban J connectivity index is 1.41. The molecule has 0 saturated carbocycles. The van der Waals surface area contributed by atoms with Gasteiger partial charge in [0.25, 0.3) is 0 Å². The first-order valence-electron chi connectivity index (χ1n) is 16.1. The molecule has 0 unspecified atom stereocenters. The first-order valence-corrected chi connectivity index (χ1v) is 16.1. The van der Waals surface area contributed by atoms with E-state index in [1.54, 1.807) is 11.0 Å². The van der Waals surface area contributed by atoms with Crippen molar-refractivity contribution in [1.29, 1.82) is 0 Å². The zero-order valence-corrected chi connectivity index (χ0v) is 27.7. The molecule has 2 aliphatic heterocycles. The van der Waals surface area contributed by atoms with Crippen LogP contribution in [0.1, 0.15) is 59.2 Å². The molecule has 10 heteroatoms.